The van der Waals surface area contributed by atoms with E-state index in [4.69, 9.17) is 5.73 Å². The Hall–Kier alpha value is -1.06. The molecule has 18 heavy (non-hydrogen) atoms. The number of fused-ring (bicyclic) bond motifs is 1. The highest BCUT2D eigenvalue weighted by molar-refractivity contribution is 8.00. The van der Waals surface area contributed by atoms with Gasteiger partial charge in [-0.05, 0) is 37.1 Å². The van der Waals surface area contributed by atoms with Crippen LogP contribution in [0.25, 0.3) is 10.9 Å². The molecule has 2 aromatic rings. The quantitative estimate of drug-likeness (QED) is 0.895. The van der Waals surface area contributed by atoms with Gasteiger partial charge in [0.2, 0.25) is 0 Å². The zero-order valence-corrected chi connectivity index (χ0v) is 11.4. The summed E-state index contributed by atoms with van der Waals surface area (Å²) in [6.45, 7) is 2.29. The number of hydrogen-bond donors (Lipinski definition) is 1. The summed E-state index contributed by atoms with van der Waals surface area (Å²) in [5, 5.41) is 1.18. The molecule has 1 saturated heterocycles. The predicted octanol–water partition coefficient (Wildman–Crippen LogP) is 3.52. The van der Waals surface area contributed by atoms with Gasteiger partial charge in [-0.3, -0.25) is 4.98 Å². The minimum absolute atomic E-state index is 0.0589. The highest BCUT2D eigenvalue weighted by Crippen LogP contribution is 2.46. The van der Waals surface area contributed by atoms with E-state index in [1.807, 2.05) is 24.0 Å². The standard InChI is InChI=1S/C15H18N2S/c1-15(8-4-10-18-15)14(16)12-7-2-5-11-6-3-9-17-13(11)12/h2-3,5-7,9,14H,4,8,10,16H2,1H3. The van der Waals surface area contributed by atoms with E-state index in [0.29, 0.717) is 0 Å². The van der Waals surface area contributed by atoms with Crippen LogP contribution in [0.4, 0.5) is 0 Å². The number of rotatable bonds is 2. The monoisotopic (exact) mass is 258 g/mol. The van der Waals surface area contributed by atoms with Crippen LogP contribution in [0.2, 0.25) is 0 Å². The Morgan fingerprint density at radius 3 is 2.94 bits per heavy atom. The van der Waals surface area contributed by atoms with Crippen LogP contribution in [0, 0.1) is 0 Å². The molecular formula is C15H18N2S. The maximum absolute atomic E-state index is 6.54. The van der Waals surface area contributed by atoms with Crippen molar-refractivity contribution in [2.45, 2.75) is 30.6 Å². The maximum Gasteiger partial charge on any atom is 0.0750 e. The highest BCUT2D eigenvalue weighted by atomic mass is 32.2. The number of thioether (sulfide) groups is 1. The maximum atomic E-state index is 6.54. The van der Waals surface area contributed by atoms with Crippen LogP contribution >= 0.6 is 11.8 Å². The number of pyridine rings is 1. The lowest BCUT2D eigenvalue weighted by Gasteiger charge is -2.31. The van der Waals surface area contributed by atoms with Gasteiger partial charge in [0.1, 0.15) is 0 Å². The third-order valence-corrected chi connectivity index (χ3v) is 5.52. The molecule has 0 aliphatic carbocycles. The minimum atomic E-state index is 0.0589. The molecule has 2 nitrogen and oxygen atoms in total. The molecule has 1 aliphatic rings. The van der Waals surface area contributed by atoms with Crippen LogP contribution in [0.3, 0.4) is 0 Å². The fraction of sp³-hybridized carbons (Fsp3) is 0.400. The largest absolute Gasteiger partial charge is 0.323 e. The van der Waals surface area contributed by atoms with Crippen molar-refractivity contribution in [1.29, 1.82) is 0 Å². The lowest BCUT2D eigenvalue weighted by Crippen LogP contribution is -2.33. The Kier molecular flexibility index (Phi) is 3.04. The van der Waals surface area contributed by atoms with Crippen molar-refractivity contribution in [1.82, 2.24) is 4.98 Å². The second-order valence-electron chi connectivity index (χ2n) is 5.16. The Bertz CT molecular complexity index is 556. The van der Waals surface area contributed by atoms with Crippen LogP contribution < -0.4 is 5.73 Å². The summed E-state index contributed by atoms with van der Waals surface area (Å²) in [5.74, 6) is 1.22. The molecule has 0 saturated carbocycles. The second kappa shape index (κ2) is 4.56. The molecule has 2 heterocycles. The van der Waals surface area contributed by atoms with Crippen molar-refractivity contribution >= 4 is 22.7 Å². The van der Waals surface area contributed by atoms with E-state index >= 15 is 0 Å². The SMILES string of the molecule is CC1(C(N)c2cccc3cccnc23)CCCS1. The van der Waals surface area contributed by atoms with E-state index in [0.717, 1.165) is 5.52 Å². The van der Waals surface area contributed by atoms with Crippen molar-refractivity contribution < 1.29 is 0 Å². The molecule has 2 unspecified atom stereocenters. The highest BCUT2D eigenvalue weighted by Gasteiger charge is 2.37. The molecule has 1 aliphatic heterocycles. The van der Waals surface area contributed by atoms with Gasteiger partial charge >= 0.3 is 0 Å². The first-order valence-electron chi connectivity index (χ1n) is 6.44. The first kappa shape index (κ1) is 12.0. The molecule has 1 fully saturated rings. The number of hydrogen-bond acceptors (Lipinski definition) is 3. The Morgan fingerprint density at radius 2 is 2.17 bits per heavy atom. The fourth-order valence-electron chi connectivity index (χ4n) is 2.75. The Morgan fingerprint density at radius 1 is 1.33 bits per heavy atom. The zero-order valence-electron chi connectivity index (χ0n) is 10.6. The zero-order chi connectivity index (χ0) is 12.6. The molecule has 2 atom stereocenters. The molecule has 3 rings (SSSR count). The van der Waals surface area contributed by atoms with Crippen LogP contribution in [0.5, 0.6) is 0 Å². The summed E-state index contributed by atoms with van der Waals surface area (Å²) in [7, 11) is 0. The third-order valence-electron chi connectivity index (χ3n) is 3.91. The lowest BCUT2D eigenvalue weighted by atomic mass is 9.90. The second-order valence-corrected chi connectivity index (χ2v) is 6.79. The summed E-state index contributed by atoms with van der Waals surface area (Å²) < 4.78 is 0.159. The summed E-state index contributed by atoms with van der Waals surface area (Å²) in [5.41, 5.74) is 8.78. The van der Waals surface area contributed by atoms with E-state index in [2.05, 4.69) is 36.2 Å². The third kappa shape index (κ3) is 1.91. The lowest BCUT2D eigenvalue weighted by molar-refractivity contribution is 0.504. The Labute approximate surface area is 112 Å². The molecule has 1 aromatic heterocycles. The van der Waals surface area contributed by atoms with E-state index in [9.17, 15) is 0 Å². The molecule has 0 bridgehead atoms. The van der Waals surface area contributed by atoms with Gasteiger partial charge < -0.3 is 5.73 Å². The molecule has 3 heteroatoms. The predicted molar refractivity (Wildman–Crippen MR) is 78.8 cm³/mol. The summed E-state index contributed by atoms with van der Waals surface area (Å²) in [6, 6.07) is 10.4. The average Bonchev–Trinajstić information content (AvgIpc) is 2.85. The van der Waals surface area contributed by atoms with Crippen molar-refractivity contribution in [2.75, 3.05) is 5.75 Å². The number of nitrogens with zero attached hydrogens (tertiary/aromatic N) is 1. The Balaban J connectivity index is 2.08. The number of benzene rings is 1. The van der Waals surface area contributed by atoms with Crippen molar-refractivity contribution in [3.05, 3.63) is 42.1 Å². The van der Waals surface area contributed by atoms with Gasteiger partial charge in [0.15, 0.2) is 0 Å². The molecular weight excluding hydrogens is 240 g/mol. The van der Waals surface area contributed by atoms with Crippen LogP contribution in [-0.4, -0.2) is 15.5 Å². The molecule has 1 aromatic carbocycles. The van der Waals surface area contributed by atoms with Gasteiger partial charge in [0.25, 0.3) is 0 Å². The summed E-state index contributed by atoms with van der Waals surface area (Å²) in [6.07, 6.45) is 4.32. The number of aromatic nitrogens is 1. The number of para-hydroxylation sites is 1. The fourth-order valence-corrected chi connectivity index (χ4v) is 4.10. The van der Waals surface area contributed by atoms with Crippen LogP contribution in [-0.2, 0) is 0 Å². The van der Waals surface area contributed by atoms with E-state index in [1.165, 1.54) is 29.5 Å². The van der Waals surface area contributed by atoms with Gasteiger partial charge in [0.05, 0.1) is 5.52 Å². The average molecular weight is 258 g/mol. The topological polar surface area (TPSA) is 38.9 Å². The van der Waals surface area contributed by atoms with Crippen LogP contribution in [0.15, 0.2) is 36.5 Å². The molecule has 0 spiro atoms. The summed E-state index contributed by atoms with van der Waals surface area (Å²) in [4.78, 5) is 4.52. The van der Waals surface area contributed by atoms with Gasteiger partial charge in [-0.25, -0.2) is 0 Å². The van der Waals surface area contributed by atoms with Crippen molar-refractivity contribution in [2.24, 2.45) is 5.73 Å². The first-order chi connectivity index (χ1) is 8.71. The molecule has 2 N–H and O–H groups in total. The van der Waals surface area contributed by atoms with Gasteiger partial charge in [-0.1, -0.05) is 24.3 Å². The molecule has 0 radical (unpaired) electrons. The number of nitrogens with two attached hydrogens (primary N) is 1. The van der Waals surface area contributed by atoms with E-state index in [-0.39, 0.29) is 10.8 Å². The molecule has 94 valence electrons. The van der Waals surface area contributed by atoms with E-state index < -0.39 is 0 Å². The van der Waals surface area contributed by atoms with Gasteiger partial charge in [-0.15, -0.1) is 0 Å². The van der Waals surface area contributed by atoms with Crippen LogP contribution in [0.1, 0.15) is 31.4 Å². The van der Waals surface area contributed by atoms with Gasteiger partial charge in [0, 0.05) is 22.4 Å². The minimum Gasteiger partial charge on any atom is -0.323 e. The summed E-state index contributed by atoms with van der Waals surface area (Å²) >= 11 is 2.00. The normalized spacial score (nSPS) is 25.4. The van der Waals surface area contributed by atoms with E-state index in [1.54, 1.807) is 0 Å². The van der Waals surface area contributed by atoms with Crippen molar-refractivity contribution in [3.63, 3.8) is 0 Å². The molecule has 0 amide bonds. The smallest absolute Gasteiger partial charge is 0.0750 e. The van der Waals surface area contributed by atoms with Gasteiger partial charge in [-0.2, -0.15) is 11.8 Å². The first-order valence-corrected chi connectivity index (χ1v) is 7.42. The van der Waals surface area contributed by atoms with Crippen molar-refractivity contribution in [3.8, 4) is 0 Å².